The summed E-state index contributed by atoms with van der Waals surface area (Å²) in [6, 6.07) is 0. The van der Waals surface area contributed by atoms with Crippen LogP contribution >= 0.6 is 9.03 Å². The van der Waals surface area contributed by atoms with Crippen molar-refractivity contribution in [2.24, 2.45) is 0 Å². The Balaban J connectivity index is 2.34. The summed E-state index contributed by atoms with van der Waals surface area (Å²) in [6.45, 7) is 0. The summed E-state index contributed by atoms with van der Waals surface area (Å²) in [5.41, 5.74) is 47.5. The maximum Gasteiger partial charge on any atom is 0.323 e. The molecule has 3 rings (SSSR count). The van der Waals surface area contributed by atoms with Gasteiger partial charge in [-0.05, 0) is 0 Å². The fourth-order valence-corrected chi connectivity index (χ4v) is 3.36. The van der Waals surface area contributed by atoms with Crippen LogP contribution in [0.5, 0.6) is 11.5 Å². The zero-order valence-corrected chi connectivity index (χ0v) is 14.9. The summed E-state index contributed by atoms with van der Waals surface area (Å²) in [7, 11) is -0.946. The van der Waals surface area contributed by atoms with Crippen molar-refractivity contribution in [2.75, 3.05) is 45.9 Å². The van der Waals surface area contributed by atoms with Crippen LogP contribution < -0.4 is 55.1 Å². The van der Waals surface area contributed by atoms with Crippen molar-refractivity contribution in [3.63, 3.8) is 0 Å². The van der Waals surface area contributed by atoms with Crippen molar-refractivity contribution in [1.82, 2.24) is 0 Å². The van der Waals surface area contributed by atoms with Gasteiger partial charge in [0.1, 0.15) is 23.0 Å². The molecule has 1 heterocycles. The molecule has 0 aromatic heterocycles. The molecule has 0 fully saturated rings. The second-order valence-corrected chi connectivity index (χ2v) is 6.23. The van der Waals surface area contributed by atoms with Crippen LogP contribution in [0.15, 0.2) is 0 Å². The third-order valence-electron chi connectivity index (χ3n) is 4.46. The van der Waals surface area contributed by atoms with Gasteiger partial charge < -0.3 is 60.0 Å². The van der Waals surface area contributed by atoms with Gasteiger partial charge in [-0.2, -0.15) is 0 Å². The minimum atomic E-state index is -1.18. The van der Waals surface area contributed by atoms with Crippen LogP contribution in [0, 0.1) is 0 Å². The first-order chi connectivity index (χ1) is 12.6. The first-order valence-electron chi connectivity index (χ1n) is 7.42. The second kappa shape index (κ2) is 6.04. The highest BCUT2D eigenvalue weighted by atomic mass is 31.1. The van der Waals surface area contributed by atoms with Crippen molar-refractivity contribution < 1.29 is 18.9 Å². The molecule has 2 unspecified atom stereocenters. The van der Waals surface area contributed by atoms with Gasteiger partial charge in [0, 0.05) is 11.1 Å². The maximum absolute atomic E-state index is 12.6. The van der Waals surface area contributed by atoms with Gasteiger partial charge in [-0.25, -0.2) is 0 Å². The van der Waals surface area contributed by atoms with Crippen molar-refractivity contribution in [1.29, 1.82) is 0 Å². The fourth-order valence-electron chi connectivity index (χ4n) is 3.05. The monoisotopic (exact) mass is 394 g/mol. The highest BCUT2D eigenvalue weighted by Gasteiger charge is 2.43. The van der Waals surface area contributed by atoms with E-state index in [1.54, 1.807) is 0 Å². The number of anilines is 8. The number of nitrogens with two attached hydrogens (primary N) is 8. The molecule has 0 aliphatic carbocycles. The summed E-state index contributed by atoms with van der Waals surface area (Å²) in [6.07, 6.45) is 0. The van der Waals surface area contributed by atoms with Crippen LogP contribution in [0.25, 0.3) is 0 Å². The predicted molar refractivity (Wildman–Crippen MR) is 107 cm³/mol. The molecule has 144 valence electrons. The quantitative estimate of drug-likeness (QED) is 0.135. The van der Waals surface area contributed by atoms with Crippen LogP contribution in [-0.2, 0) is 4.79 Å². The van der Waals surface area contributed by atoms with Crippen molar-refractivity contribution in [3.8, 4) is 11.5 Å². The summed E-state index contributed by atoms with van der Waals surface area (Å²) in [5.74, 6) is -2.06. The van der Waals surface area contributed by atoms with E-state index in [0.29, 0.717) is 0 Å². The minimum Gasteiger partial charge on any atom is -0.445 e. The van der Waals surface area contributed by atoms with Gasteiger partial charge in [-0.3, -0.25) is 4.79 Å². The van der Waals surface area contributed by atoms with Gasteiger partial charge in [0.05, 0.1) is 28.4 Å². The molecule has 0 radical (unpaired) electrons. The number of rotatable bonds is 3. The highest BCUT2D eigenvalue weighted by Crippen LogP contribution is 2.55. The third-order valence-corrected chi connectivity index (χ3v) is 4.76. The molecule has 2 aromatic carbocycles. The molecule has 12 nitrogen and oxygen atoms in total. The van der Waals surface area contributed by atoms with Crippen molar-refractivity contribution in [3.05, 3.63) is 11.1 Å². The number of esters is 1. The van der Waals surface area contributed by atoms with Gasteiger partial charge in [0.2, 0.25) is 9.03 Å². The number of fused-ring (bicyclic) bond motifs is 1. The molecule has 1 aliphatic heterocycles. The fraction of sp³-hybridized carbons (Fsp3) is 0.0714. The standard InChI is InChI=1S/C14H19N8O4P/c15-4-2(5(16)10(21)13(9(4)20)26-27-24)1-3-6(17)7(18)8(19)11(22)12(3)25-14(1)23/h1,24,27H,15-22H2. The Morgan fingerprint density at radius 1 is 0.741 bits per heavy atom. The number of nitrogen functional groups attached to an aromatic ring is 8. The molecule has 27 heavy (non-hydrogen) atoms. The molecule has 0 spiro atoms. The third kappa shape index (κ3) is 2.34. The van der Waals surface area contributed by atoms with E-state index in [9.17, 15) is 4.79 Å². The molecule has 2 atom stereocenters. The zero-order valence-electron chi connectivity index (χ0n) is 13.9. The first kappa shape index (κ1) is 18.3. The Morgan fingerprint density at radius 3 is 1.74 bits per heavy atom. The maximum atomic E-state index is 12.6. The molecular formula is C14H19N8O4P. The molecular weight excluding hydrogens is 375 g/mol. The predicted octanol–water partition coefficient (Wildman–Crippen LogP) is -0.725. The highest BCUT2D eigenvalue weighted by molar-refractivity contribution is 7.25. The number of benzene rings is 2. The van der Waals surface area contributed by atoms with Crippen LogP contribution in [0.1, 0.15) is 17.0 Å². The number of carbonyl (C=O) groups excluding carboxylic acids is 1. The summed E-state index contributed by atoms with van der Waals surface area (Å²) >= 11 is 0. The Morgan fingerprint density at radius 2 is 1.22 bits per heavy atom. The van der Waals surface area contributed by atoms with E-state index in [2.05, 4.69) is 0 Å². The molecule has 1 aliphatic rings. The van der Waals surface area contributed by atoms with E-state index in [0.717, 1.165) is 0 Å². The van der Waals surface area contributed by atoms with E-state index < -0.39 is 20.9 Å². The average molecular weight is 394 g/mol. The van der Waals surface area contributed by atoms with Gasteiger partial charge in [0.25, 0.3) is 0 Å². The number of hydrogen-bond acceptors (Lipinski definition) is 12. The second-order valence-electron chi connectivity index (χ2n) is 5.84. The molecule has 0 saturated heterocycles. The molecule has 0 bridgehead atoms. The Hall–Kier alpha value is -3.50. The van der Waals surface area contributed by atoms with Crippen molar-refractivity contribution >= 4 is 60.5 Å². The minimum absolute atomic E-state index is 0.000610. The smallest absolute Gasteiger partial charge is 0.323 e. The van der Waals surface area contributed by atoms with Crippen LogP contribution in [-0.4, -0.2) is 10.9 Å². The van der Waals surface area contributed by atoms with E-state index in [4.69, 9.17) is 60.0 Å². The van der Waals surface area contributed by atoms with Crippen LogP contribution in [0.3, 0.4) is 0 Å². The van der Waals surface area contributed by atoms with Gasteiger partial charge in [-0.1, -0.05) is 0 Å². The van der Waals surface area contributed by atoms with Gasteiger partial charge >= 0.3 is 5.97 Å². The largest absolute Gasteiger partial charge is 0.445 e. The normalized spacial score (nSPS) is 15.9. The lowest BCUT2D eigenvalue weighted by atomic mass is 9.87. The summed E-state index contributed by atoms with van der Waals surface area (Å²) in [4.78, 5) is 21.6. The Labute approximate surface area is 154 Å². The van der Waals surface area contributed by atoms with E-state index in [1.807, 2.05) is 0 Å². The van der Waals surface area contributed by atoms with Gasteiger partial charge in [-0.15, -0.1) is 0 Å². The average Bonchev–Trinajstić information content (AvgIpc) is 2.98. The lowest BCUT2D eigenvalue weighted by molar-refractivity contribution is -0.133. The van der Waals surface area contributed by atoms with Crippen molar-refractivity contribution in [2.45, 2.75) is 5.92 Å². The lowest BCUT2D eigenvalue weighted by Crippen LogP contribution is -2.18. The van der Waals surface area contributed by atoms with Crippen LogP contribution in [0.2, 0.25) is 0 Å². The Bertz CT molecular complexity index is 967. The SMILES string of the molecule is Nc1c(N)c(N)c2c(c1N)OC(=O)C2c1c(N)c(N)c(OPO)c(N)c1N. The zero-order chi connectivity index (χ0) is 20.2. The molecule has 0 saturated carbocycles. The van der Waals surface area contributed by atoms with E-state index in [-0.39, 0.29) is 68.1 Å². The molecule has 2 aromatic rings. The number of carbonyl (C=O) groups is 1. The van der Waals surface area contributed by atoms with Gasteiger partial charge in [0.15, 0.2) is 11.5 Å². The molecule has 13 heteroatoms. The molecule has 17 N–H and O–H groups in total. The summed E-state index contributed by atoms with van der Waals surface area (Å²) in [5, 5.41) is 0. The molecule has 0 amide bonds. The topological polar surface area (TPSA) is 264 Å². The number of ether oxygens (including phenoxy) is 1. The number of hydrogen-bond donors (Lipinski definition) is 9. The van der Waals surface area contributed by atoms with Crippen LogP contribution in [0.4, 0.5) is 45.5 Å². The Kier molecular flexibility index (Phi) is 4.09. The lowest BCUT2D eigenvalue weighted by Gasteiger charge is -2.21. The van der Waals surface area contributed by atoms with E-state index in [1.165, 1.54) is 0 Å². The van der Waals surface area contributed by atoms with E-state index >= 15 is 0 Å². The summed E-state index contributed by atoms with van der Waals surface area (Å²) < 4.78 is 10.2. The first-order valence-corrected chi connectivity index (χ1v) is 8.28.